The van der Waals surface area contributed by atoms with Crippen LogP contribution in [0.2, 0.25) is 0 Å². The molecule has 18 heavy (non-hydrogen) atoms. The standard InChI is InChI=1S/C14H25N3O/c1-10-4-6-15-13(10)14(18)16-8-11-5-7-17(9-11)12-2-3-12/h10-13,15H,2-9H2,1H3,(H,16,18). The van der Waals surface area contributed by atoms with E-state index in [-0.39, 0.29) is 11.9 Å². The number of amides is 1. The van der Waals surface area contributed by atoms with E-state index in [9.17, 15) is 4.79 Å². The van der Waals surface area contributed by atoms with Gasteiger partial charge in [0.25, 0.3) is 0 Å². The van der Waals surface area contributed by atoms with Crippen molar-refractivity contribution in [2.75, 3.05) is 26.2 Å². The second-order valence-corrected chi connectivity index (χ2v) is 6.32. The molecule has 102 valence electrons. The van der Waals surface area contributed by atoms with Crippen LogP contribution in [0, 0.1) is 11.8 Å². The first-order valence-corrected chi connectivity index (χ1v) is 7.49. The second-order valence-electron chi connectivity index (χ2n) is 6.32. The van der Waals surface area contributed by atoms with Crippen molar-refractivity contribution < 1.29 is 4.79 Å². The van der Waals surface area contributed by atoms with Crippen LogP contribution in [-0.2, 0) is 4.79 Å². The fraction of sp³-hybridized carbons (Fsp3) is 0.929. The summed E-state index contributed by atoms with van der Waals surface area (Å²) in [5.74, 6) is 1.37. The molecule has 1 saturated carbocycles. The minimum atomic E-state index is 0.0472. The Kier molecular flexibility index (Phi) is 3.57. The molecule has 1 aliphatic carbocycles. The Morgan fingerprint density at radius 1 is 1.33 bits per heavy atom. The molecule has 3 atom stereocenters. The third-order valence-electron chi connectivity index (χ3n) is 4.76. The zero-order valence-corrected chi connectivity index (χ0v) is 11.3. The van der Waals surface area contributed by atoms with Gasteiger partial charge in [-0.2, -0.15) is 0 Å². The summed E-state index contributed by atoms with van der Waals surface area (Å²) in [6.07, 6.45) is 5.16. The maximum absolute atomic E-state index is 12.1. The lowest BCUT2D eigenvalue weighted by Gasteiger charge is -2.18. The van der Waals surface area contributed by atoms with Crippen LogP contribution < -0.4 is 10.6 Å². The minimum absolute atomic E-state index is 0.0472. The summed E-state index contributed by atoms with van der Waals surface area (Å²) in [6.45, 7) is 6.45. The van der Waals surface area contributed by atoms with Gasteiger partial charge in [-0.3, -0.25) is 4.79 Å². The highest BCUT2D eigenvalue weighted by Crippen LogP contribution is 2.31. The van der Waals surface area contributed by atoms with E-state index < -0.39 is 0 Å². The van der Waals surface area contributed by atoms with E-state index in [4.69, 9.17) is 0 Å². The number of hydrogen-bond donors (Lipinski definition) is 2. The predicted molar refractivity (Wildman–Crippen MR) is 71.3 cm³/mol. The highest BCUT2D eigenvalue weighted by Gasteiger charge is 2.35. The largest absolute Gasteiger partial charge is 0.354 e. The summed E-state index contributed by atoms with van der Waals surface area (Å²) in [7, 11) is 0. The molecule has 2 saturated heterocycles. The van der Waals surface area contributed by atoms with Crippen LogP contribution in [0.15, 0.2) is 0 Å². The zero-order chi connectivity index (χ0) is 12.5. The van der Waals surface area contributed by atoms with E-state index >= 15 is 0 Å². The van der Waals surface area contributed by atoms with Gasteiger partial charge in [-0.1, -0.05) is 6.92 Å². The first-order valence-electron chi connectivity index (χ1n) is 7.49. The number of nitrogens with one attached hydrogen (secondary N) is 2. The van der Waals surface area contributed by atoms with Crippen molar-refractivity contribution in [3.05, 3.63) is 0 Å². The molecule has 1 amide bonds. The number of nitrogens with zero attached hydrogens (tertiary/aromatic N) is 1. The van der Waals surface area contributed by atoms with Crippen LogP contribution in [0.1, 0.15) is 32.6 Å². The van der Waals surface area contributed by atoms with Crippen LogP contribution in [-0.4, -0.2) is 49.1 Å². The molecule has 3 unspecified atom stereocenters. The smallest absolute Gasteiger partial charge is 0.237 e. The van der Waals surface area contributed by atoms with E-state index in [1.54, 1.807) is 0 Å². The number of carbonyl (C=O) groups excluding carboxylic acids is 1. The lowest BCUT2D eigenvalue weighted by atomic mass is 10.0. The fourth-order valence-electron chi connectivity index (χ4n) is 3.34. The highest BCUT2D eigenvalue weighted by atomic mass is 16.2. The third-order valence-corrected chi connectivity index (χ3v) is 4.76. The summed E-state index contributed by atoms with van der Waals surface area (Å²) in [5, 5.41) is 6.44. The molecule has 0 spiro atoms. The summed E-state index contributed by atoms with van der Waals surface area (Å²) < 4.78 is 0. The van der Waals surface area contributed by atoms with Gasteiger partial charge in [0.15, 0.2) is 0 Å². The molecule has 0 aromatic carbocycles. The maximum Gasteiger partial charge on any atom is 0.237 e. The van der Waals surface area contributed by atoms with E-state index in [1.807, 2.05) is 0 Å². The minimum Gasteiger partial charge on any atom is -0.354 e. The first-order chi connectivity index (χ1) is 8.74. The Balaban J connectivity index is 1.40. The SMILES string of the molecule is CC1CCNC1C(=O)NCC1CCN(C2CC2)C1. The molecule has 2 aliphatic heterocycles. The van der Waals surface area contributed by atoms with E-state index in [2.05, 4.69) is 22.5 Å². The van der Waals surface area contributed by atoms with E-state index in [0.29, 0.717) is 11.8 Å². The van der Waals surface area contributed by atoms with Gasteiger partial charge in [0.05, 0.1) is 6.04 Å². The van der Waals surface area contributed by atoms with Crippen molar-refractivity contribution >= 4 is 5.91 Å². The predicted octanol–water partition coefficient (Wildman–Crippen LogP) is 0.585. The topological polar surface area (TPSA) is 44.4 Å². The third kappa shape index (κ3) is 2.69. The summed E-state index contributed by atoms with van der Waals surface area (Å²) in [4.78, 5) is 14.7. The molecule has 2 N–H and O–H groups in total. The lowest BCUT2D eigenvalue weighted by Crippen LogP contribution is -2.45. The lowest BCUT2D eigenvalue weighted by molar-refractivity contribution is -0.123. The van der Waals surface area contributed by atoms with E-state index in [1.165, 1.54) is 32.4 Å². The molecular weight excluding hydrogens is 226 g/mol. The van der Waals surface area contributed by atoms with Gasteiger partial charge in [0, 0.05) is 19.1 Å². The number of likely N-dealkylation sites (tertiary alicyclic amines) is 1. The number of rotatable bonds is 4. The molecule has 0 aromatic rings. The van der Waals surface area contributed by atoms with Gasteiger partial charge in [0.2, 0.25) is 5.91 Å². The highest BCUT2D eigenvalue weighted by molar-refractivity contribution is 5.82. The van der Waals surface area contributed by atoms with Gasteiger partial charge >= 0.3 is 0 Å². The van der Waals surface area contributed by atoms with Crippen molar-refractivity contribution in [3.8, 4) is 0 Å². The Morgan fingerprint density at radius 3 is 2.83 bits per heavy atom. The molecule has 3 aliphatic rings. The van der Waals surface area contributed by atoms with Gasteiger partial charge in [0.1, 0.15) is 0 Å². The summed E-state index contributed by atoms with van der Waals surface area (Å²) >= 11 is 0. The van der Waals surface area contributed by atoms with Gasteiger partial charge < -0.3 is 15.5 Å². The zero-order valence-electron chi connectivity index (χ0n) is 11.3. The van der Waals surface area contributed by atoms with Crippen LogP contribution in [0.25, 0.3) is 0 Å². The maximum atomic E-state index is 12.1. The van der Waals surface area contributed by atoms with Gasteiger partial charge in [-0.25, -0.2) is 0 Å². The summed E-state index contributed by atoms with van der Waals surface area (Å²) in [5.41, 5.74) is 0. The first kappa shape index (κ1) is 12.4. The molecule has 2 heterocycles. The van der Waals surface area contributed by atoms with E-state index in [0.717, 1.165) is 25.6 Å². The molecule has 0 aromatic heterocycles. The van der Waals surface area contributed by atoms with Crippen molar-refractivity contribution in [2.24, 2.45) is 11.8 Å². The Labute approximate surface area is 109 Å². The molecule has 0 radical (unpaired) electrons. The number of carbonyl (C=O) groups is 1. The second kappa shape index (κ2) is 5.17. The molecule has 4 heteroatoms. The van der Waals surface area contributed by atoms with Gasteiger partial charge in [-0.05, 0) is 50.6 Å². The Morgan fingerprint density at radius 2 is 2.17 bits per heavy atom. The molecular formula is C14H25N3O. The normalized spacial score (nSPS) is 37.1. The van der Waals surface area contributed by atoms with Crippen molar-refractivity contribution in [2.45, 2.75) is 44.7 Å². The van der Waals surface area contributed by atoms with Gasteiger partial charge in [-0.15, -0.1) is 0 Å². The molecule has 0 bridgehead atoms. The monoisotopic (exact) mass is 251 g/mol. The van der Waals surface area contributed by atoms with Crippen molar-refractivity contribution in [3.63, 3.8) is 0 Å². The molecule has 3 rings (SSSR count). The average molecular weight is 251 g/mol. The fourth-order valence-corrected chi connectivity index (χ4v) is 3.34. The van der Waals surface area contributed by atoms with Crippen LogP contribution in [0.3, 0.4) is 0 Å². The quantitative estimate of drug-likeness (QED) is 0.768. The van der Waals surface area contributed by atoms with Crippen LogP contribution in [0.4, 0.5) is 0 Å². The van der Waals surface area contributed by atoms with Crippen molar-refractivity contribution in [1.82, 2.24) is 15.5 Å². The van der Waals surface area contributed by atoms with Crippen LogP contribution in [0.5, 0.6) is 0 Å². The van der Waals surface area contributed by atoms with Crippen LogP contribution >= 0.6 is 0 Å². The Hall–Kier alpha value is -0.610. The van der Waals surface area contributed by atoms with Crippen molar-refractivity contribution in [1.29, 1.82) is 0 Å². The molecule has 3 fully saturated rings. The summed E-state index contributed by atoms with van der Waals surface area (Å²) in [6, 6.07) is 0.924. The molecule has 4 nitrogen and oxygen atoms in total. The number of hydrogen-bond acceptors (Lipinski definition) is 3. The Bertz CT molecular complexity index is 316. The average Bonchev–Trinajstić information content (AvgIpc) is 2.95.